The first kappa shape index (κ1) is 16.0. The van der Waals surface area contributed by atoms with Gasteiger partial charge in [0.25, 0.3) is 0 Å². The maximum Gasteiger partial charge on any atom is 0.238 e. The molecule has 0 saturated carbocycles. The number of ether oxygens (including phenoxy) is 1. The lowest BCUT2D eigenvalue weighted by Gasteiger charge is -2.23. The van der Waals surface area contributed by atoms with E-state index in [-0.39, 0.29) is 16.9 Å². The fraction of sp³-hybridized carbons (Fsp3) is 0.500. The van der Waals surface area contributed by atoms with Crippen LogP contribution in [0.4, 0.5) is 0 Å². The molecule has 0 fully saturated rings. The van der Waals surface area contributed by atoms with Crippen LogP contribution in [0.2, 0.25) is 0 Å². The lowest BCUT2D eigenvalue weighted by molar-refractivity contribution is 0.226. The van der Waals surface area contributed by atoms with Gasteiger partial charge < -0.3 is 4.74 Å². The van der Waals surface area contributed by atoms with Gasteiger partial charge in [0.15, 0.2) is 0 Å². The van der Waals surface area contributed by atoms with Crippen LogP contribution in [0, 0.1) is 6.92 Å². The number of aryl methyl sites for hydroxylation is 1. The molecule has 2 rings (SSSR count). The van der Waals surface area contributed by atoms with Crippen molar-refractivity contribution >= 4 is 10.0 Å². The molecule has 2 N–H and O–H groups in total. The summed E-state index contributed by atoms with van der Waals surface area (Å²) in [6.45, 7) is 5.77. The molecule has 0 aliphatic heterocycles. The Kier molecular flexibility index (Phi) is 4.74. The summed E-state index contributed by atoms with van der Waals surface area (Å²) in [6, 6.07) is 3.44. The molecule has 1 atom stereocenters. The van der Waals surface area contributed by atoms with Crippen LogP contribution < -0.4 is 9.88 Å². The van der Waals surface area contributed by atoms with Crippen molar-refractivity contribution in [1.29, 1.82) is 0 Å². The predicted molar refractivity (Wildman–Crippen MR) is 84.0 cm³/mol. The van der Waals surface area contributed by atoms with Crippen molar-refractivity contribution in [3.8, 4) is 5.75 Å². The van der Waals surface area contributed by atoms with E-state index in [2.05, 4.69) is 12.2 Å². The summed E-state index contributed by atoms with van der Waals surface area (Å²) in [4.78, 5) is 0.178. The van der Waals surface area contributed by atoms with Crippen molar-refractivity contribution in [1.82, 2.24) is 0 Å². The number of sulfonamides is 1. The van der Waals surface area contributed by atoms with Crippen LogP contribution in [0.1, 0.15) is 50.2 Å². The highest BCUT2D eigenvalue weighted by Crippen LogP contribution is 2.33. The molecule has 0 heterocycles. The molecule has 1 aromatic carbocycles. The van der Waals surface area contributed by atoms with E-state index >= 15 is 0 Å². The van der Waals surface area contributed by atoms with Gasteiger partial charge in [0.1, 0.15) is 11.9 Å². The summed E-state index contributed by atoms with van der Waals surface area (Å²) in [7, 11) is -3.71. The summed E-state index contributed by atoms with van der Waals surface area (Å²) >= 11 is 0. The van der Waals surface area contributed by atoms with Crippen molar-refractivity contribution < 1.29 is 13.2 Å². The summed E-state index contributed by atoms with van der Waals surface area (Å²) in [6.07, 6.45) is 7.48. The molecular formula is C16H23NO3S. The molecule has 1 aliphatic carbocycles. The van der Waals surface area contributed by atoms with Crippen molar-refractivity contribution in [2.75, 3.05) is 0 Å². The second-order valence-electron chi connectivity index (χ2n) is 5.87. The van der Waals surface area contributed by atoms with Crippen LogP contribution in [0.3, 0.4) is 0 Å². The number of allylic oxidation sites excluding steroid dienone is 1. The van der Waals surface area contributed by atoms with Gasteiger partial charge in [-0.3, -0.25) is 0 Å². The molecule has 0 aromatic heterocycles. The quantitative estimate of drug-likeness (QED) is 0.868. The molecule has 1 unspecified atom stereocenters. The van der Waals surface area contributed by atoms with Gasteiger partial charge in [0.05, 0.1) is 4.90 Å². The van der Waals surface area contributed by atoms with Crippen molar-refractivity contribution in [3.05, 3.63) is 35.4 Å². The minimum atomic E-state index is -3.71. The second-order valence-corrected chi connectivity index (χ2v) is 7.40. The molecule has 1 aromatic rings. The topological polar surface area (TPSA) is 69.4 Å². The monoisotopic (exact) mass is 309 g/mol. The zero-order valence-corrected chi connectivity index (χ0v) is 13.6. The Labute approximate surface area is 127 Å². The standard InChI is InChI=1S/C16H23NO3S/c1-11(2)14-10-16(21(17,18)19)12(3)9-15(14)20-13-7-5-4-6-8-13/h5,7,9-11,13H,4,6,8H2,1-3H3,(H2,17,18,19). The molecule has 116 valence electrons. The molecule has 4 nitrogen and oxygen atoms in total. The van der Waals surface area contributed by atoms with E-state index < -0.39 is 10.0 Å². The fourth-order valence-electron chi connectivity index (χ4n) is 2.58. The zero-order valence-electron chi connectivity index (χ0n) is 12.8. The largest absolute Gasteiger partial charge is 0.486 e. The average molecular weight is 309 g/mol. The summed E-state index contributed by atoms with van der Waals surface area (Å²) in [5, 5.41) is 5.28. The first-order valence-electron chi connectivity index (χ1n) is 7.29. The highest BCUT2D eigenvalue weighted by Gasteiger charge is 2.20. The first-order chi connectivity index (χ1) is 9.79. The maximum absolute atomic E-state index is 11.7. The Morgan fingerprint density at radius 3 is 2.57 bits per heavy atom. The minimum absolute atomic E-state index is 0.0657. The molecule has 1 aliphatic rings. The highest BCUT2D eigenvalue weighted by atomic mass is 32.2. The van der Waals surface area contributed by atoms with Crippen LogP contribution in [0.5, 0.6) is 5.75 Å². The van der Waals surface area contributed by atoms with Crippen LogP contribution in [0.15, 0.2) is 29.2 Å². The van der Waals surface area contributed by atoms with E-state index in [4.69, 9.17) is 9.88 Å². The van der Waals surface area contributed by atoms with Crippen molar-refractivity contribution in [2.24, 2.45) is 5.14 Å². The number of primary sulfonamides is 1. The van der Waals surface area contributed by atoms with E-state index in [1.54, 1.807) is 19.1 Å². The average Bonchev–Trinajstić information content (AvgIpc) is 2.38. The highest BCUT2D eigenvalue weighted by molar-refractivity contribution is 7.89. The third kappa shape index (κ3) is 3.86. The number of rotatable bonds is 4. The maximum atomic E-state index is 11.7. The Morgan fingerprint density at radius 1 is 1.33 bits per heavy atom. The lowest BCUT2D eigenvalue weighted by atomic mass is 9.99. The lowest BCUT2D eigenvalue weighted by Crippen LogP contribution is -2.18. The van der Waals surface area contributed by atoms with Crippen LogP contribution in [0.25, 0.3) is 0 Å². The molecule has 0 bridgehead atoms. The second kappa shape index (κ2) is 6.20. The summed E-state index contributed by atoms with van der Waals surface area (Å²) < 4.78 is 29.4. The van der Waals surface area contributed by atoms with E-state index in [1.807, 2.05) is 13.8 Å². The van der Waals surface area contributed by atoms with Gasteiger partial charge in [-0.2, -0.15) is 0 Å². The Morgan fingerprint density at radius 2 is 2.05 bits per heavy atom. The van der Waals surface area contributed by atoms with E-state index in [0.717, 1.165) is 30.6 Å². The van der Waals surface area contributed by atoms with Crippen LogP contribution >= 0.6 is 0 Å². The molecule has 0 spiro atoms. The van der Waals surface area contributed by atoms with Crippen LogP contribution in [-0.2, 0) is 10.0 Å². The molecule has 5 heteroatoms. The Balaban J connectivity index is 2.43. The normalized spacial score (nSPS) is 19.0. The van der Waals surface area contributed by atoms with Gasteiger partial charge in [0, 0.05) is 0 Å². The SMILES string of the molecule is Cc1cc(OC2C=CCCC2)c(C(C)C)cc1S(N)(=O)=O. The molecule has 0 saturated heterocycles. The zero-order chi connectivity index (χ0) is 15.6. The third-order valence-electron chi connectivity index (χ3n) is 3.72. The number of nitrogens with two attached hydrogens (primary N) is 1. The Hall–Kier alpha value is -1.33. The molecule has 0 radical (unpaired) electrons. The van der Waals surface area contributed by atoms with E-state index in [0.29, 0.717) is 5.56 Å². The number of hydrogen-bond donors (Lipinski definition) is 1. The fourth-order valence-corrected chi connectivity index (χ4v) is 3.38. The van der Waals surface area contributed by atoms with E-state index in [1.165, 1.54) is 0 Å². The van der Waals surface area contributed by atoms with Crippen molar-refractivity contribution in [2.45, 2.75) is 57.0 Å². The van der Waals surface area contributed by atoms with Gasteiger partial charge in [-0.15, -0.1) is 0 Å². The molecule has 0 amide bonds. The Bertz CT molecular complexity index is 648. The smallest absolute Gasteiger partial charge is 0.238 e. The number of hydrogen-bond acceptors (Lipinski definition) is 3. The predicted octanol–water partition coefficient (Wildman–Crippen LogP) is 3.25. The third-order valence-corrected chi connectivity index (χ3v) is 4.78. The first-order valence-corrected chi connectivity index (χ1v) is 8.84. The van der Waals surface area contributed by atoms with Gasteiger partial charge in [-0.1, -0.05) is 19.9 Å². The summed E-state index contributed by atoms with van der Waals surface area (Å²) in [5.41, 5.74) is 1.50. The van der Waals surface area contributed by atoms with Crippen molar-refractivity contribution in [3.63, 3.8) is 0 Å². The van der Waals surface area contributed by atoms with E-state index in [9.17, 15) is 8.42 Å². The van der Waals surface area contributed by atoms with Crippen LogP contribution in [-0.4, -0.2) is 14.5 Å². The molecular weight excluding hydrogens is 286 g/mol. The van der Waals surface area contributed by atoms with Gasteiger partial charge >= 0.3 is 0 Å². The van der Waals surface area contributed by atoms with Gasteiger partial charge in [0.2, 0.25) is 10.0 Å². The van der Waals surface area contributed by atoms with Gasteiger partial charge in [-0.25, -0.2) is 13.6 Å². The molecule has 21 heavy (non-hydrogen) atoms. The number of benzene rings is 1. The summed E-state index contributed by atoms with van der Waals surface area (Å²) in [5.74, 6) is 0.917. The van der Waals surface area contributed by atoms with Gasteiger partial charge in [-0.05, 0) is 61.4 Å². The minimum Gasteiger partial charge on any atom is -0.486 e.